The Kier molecular flexibility index (Phi) is 8.11. The summed E-state index contributed by atoms with van der Waals surface area (Å²) in [5, 5.41) is 13.7. The molecule has 124 valence electrons. The third kappa shape index (κ3) is 8.78. The number of hydrogen-bond donors (Lipinski definition) is 3. The van der Waals surface area contributed by atoms with E-state index in [1.807, 2.05) is 0 Å². The van der Waals surface area contributed by atoms with Gasteiger partial charge in [-0.05, 0) is 29.9 Å². The monoisotopic (exact) mass is 336 g/mol. The van der Waals surface area contributed by atoms with Gasteiger partial charge in [0.25, 0.3) is 0 Å². The van der Waals surface area contributed by atoms with Crippen LogP contribution in [0.25, 0.3) is 0 Å². The van der Waals surface area contributed by atoms with Gasteiger partial charge in [0.15, 0.2) is 0 Å². The van der Waals surface area contributed by atoms with E-state index in [4.69, 9.17) is 5.11 Å². The van der Waals surface area contributed by atoms with Crippen LogP contribution >= 0.6 is 11.8 Å². The van der Waals surface area contributed by atoms with Crippen LogP contribution in [0.5, 0.6) is 0 Å². The van der Waals surface area contributed by atoms with E-state index < -0.39 is 18.6 Å². The first kappa shape index (κ1) is 18.6. The van der Waals surface area contributed by atoms with Crippen molar-refractivity contribution in [3.63, 3.8) is 0 Å². The lowest BCUT2D eigenvalue weighted by Gasteiger charge is -2.10. The minimum absolute atomic E-state index is 0.102. The summed E-state index contributed by atoms with van der Waals surface area (Å²) in [7, 11) is 0. The van der Waals surface area contributed by atoms with Crippen LogP contribution in [0, 0.1) is 0 Å². The maximum atomic E-state index is 12.3. The molecule has 0 bridgehead atoms. The summed E-state index contributed by atoms with van der Waals surface area (Å²) in [6.45, 7) is 0.597. The minimum atomic E-state index is -4.27. The number of carbonyl (C=O) groups is 1. The van der Waals surface area contributed by atoms with Gasteiger partial charge in [-0.3, -0.25) is 0 Å². The van der Waals surface area contributed by atoms with Crippen LogP contribution < -0.4 is 10.6 Å². The number of urea groups is 1. The lowest BCUT2D eigenvalue weighted by Crippen LogP contribution is -2.30. The lowest BCUT2D eigenvalue weighted by molar-refractivity contribution is -0.127. The summed E-state index contributed by atoms with van der Waals surface area (Å²) < 4.78 is 36.9. The van der Waals surface area contributed by atoms with Crippen LogP contribution in [0.3, 0.4) is 0 Å². The molecule has 1 rings (SSSR count). The predicted molar refractivity (Wildman–Crippen MR) is 82.3 cm³/mol. The van der Waals surface area contributed by atoms with Crippen LogP contribution in [0.2, 0.25) is 0 Å². The summed E-state index contributed by atoms with van der Waals surface area (Å²) in [5.74, 6) is 1.53. The van der Waals surface area contributed by atoms with Gasteiger partial charge in [0, 0.05) is 24.6 Å². The number of carbonyl (C=O) groups excluding carboxylic acids is 1. The van der Waals surface area contributed by atoms with Crippen LogP contribution in [0.15, 0.2) is 24.3 Å². The van der Waals surface area contributed by atoms with Crippen LogP contribution in [0.4, 0.5) is 23.7 Å². The molecule has 0 aliphatic rings. The number of thioether (sulfide) groups is 1. The van der Waals surface area contributed by atoms with Crippen molar-refractivity contribution in [2.45, 2.75) is 19.0 Å². The molecule has 0 saturated carbocycles. The van der Waals surface area contributed by atoms with E-state index in [1.165, 1.54) is 24.3 Å². The number of nitrogens with one attached hydrogen (secondary N) is 2. The van der Waals surface area contributed by atoms with Gasteiger partial charge in [-0.1, -0.05) is 12.1 Å². The first-order chi connectivity index (χ1) is 10.4. The molecule has 1 aromatic rings. The number of amides is 2. The van der Waals surface area contributed by atoms with Crippen molar-refractivity contribution >= 4 is 23.5 Å². The van der Waals surface area contributed by atoms with Crippen molar-refractivity contribution in [3.8, 4) is 0 Å². The molecule has 0 aliphatic heterocycles. The van der Waals surface area contributed by atoms with Crippen molar-refractivity contribution in [1.29, 1.82) is 0 Å². The number of alkyl halides is 3. The summed E-state index contributed by atoms with van der Waals surface area (Å²) in [6, 6.07) is 5.24. The van der Waals surface area contributed by atoms with E-state index in [1.54, 1.807) is 11.8 Å². The molecule has 1 aromatic carbocycles. The van der Waals surface area contributed by atoms with Gasteiger partial charge < -0.3 is 15.7 Å². The lowest BCUT2D eigenvalue weighted by atomic mass is 10.1. The molecule has 0 radical (unpaired) electrons. The van der Waals surface area contributed by atoms with E-state index in [-0.39, 0.29) is 12.2 Å². The van der Waals surface area contributed by atoms with E-state index in [0.29, 0.717) is 24.4 Å². The van der Waals surface area contributed by atoms with Crippen molar-refractivity contribution in [2.75, 3.05) is 30.0 Å². The predicted octanol–water partition coefficient (Wildman–Crippen LogP) is 3.03. The zero-order valence-corrected chi connectivity index (χ0v) is 12.8. The Morgan fingerprint density at radius 3 is 2.73 bits per heavy atom. The second kappa shape index (κ2) is 9.58. The Labute approximate surface area is 131 Å². The van der Waals surface area contributed by atoms with Crippen molar-refractivity contribution in [2.24, 2.45) is 0 Å². The highest BCUT2D eigenvalue weighted by Gasteiger charge is 2.27. The van der Waals surface area contributed by atoms with E-state index in [0.717, 1.165) is 5.75 Å². The molecule has 0 aromatic heterocycles. The Morgan fingerprint density at radius 1 is 1.27 bits per heavy atom. The first-order valence-electron chi connectivity index (χ1n) is 6.80. The standard InChI is InChI=1S/C14H19F3N2O2S/c15-14(16,17)10-11-3-1-4-12(9-11)19-13(21)18-5-8-22-7-2-6-20/h1,3-4,9,20H,2,5-8,10H2,(H2,18,19,21). The average molecular weight is 336 g/mol. The summed E-state index contributed by atoms with van der Waals surface area (Å²) in [5.41, 5.74) is 0.428. The molecule has 0 heterocycles. The molecule has 0 atom stereocenters. The summed E-state index contributed by atoms with van der Waals surface area (Å²) in [4.78, 5) is 11.6. The third-order valence-electron chi connectivity index (χ3n) is 2.57. The number of hydrogen-bond acceptors (Lipinski definition) is 3. The molecule has 4 nitrogen and oxygen atoms in total. The zero-order valence-electron chi connectivity index (χ0n) is 11.9. The topological polar surface area (TPSA) is 61.4 Å². The molecular weight excluding hydrogens is 317 g/mol. The molecule has 2 amide bonds. The normalized spacial score (nSPS) is 11.3. The van der Waals surface area contributed by atoms with Gasteiger partial charge in [-0.25, -0.2) is 4.79 Å². The van der Waals surface area contributed by atoms with Crippen molar-refractivity contribution in [3.05, 3.63) is 29.8 Å². The quantitative estimate of drug-likeness (QED) is 0.640. The fourth-order valence-corrected chi connectivity index (χ4v) is 2.45. The highest BCUT2D eigenvalue weighted by molar-refractivity contribution is 7.99. The molecule has 0 aliphatic carbocycles. The summed E-state index contributed by atoms with van der Waals surface area (Å²) in [6.07, 6.45) is -4.58. The Hall–Kier alpha value is -1.41. The van der Waals surface area contributed by atoms with Crippen LogP contribution in [-0.2, 0) is 6.42 Å². The molecule has 0 unspecified atom stereocenters. The van der Waals surface area contributed by atoms with Gasteiger partial charge in [0.1, 0.15) is 0 Å². The first-order valence-corrected chi connectivity index (χ1v) is 7.95. The summed E-state index contributed by atoms with van der Waals surface area (Å²) >= 11 is 1.61. The van der Waals surface area contributed by atoms with Crippen LogP contribution in [0.1, 0.15) is 12.0 Å². The number of anilines is 1. The zero-order chi connectivity index (χ0) is 16.4. The molecule has 0 spiro atoms. The highest BCUT2D eigenvalue weighted by atomic mass is 32.2. The number of aliphatic hydroxyl groups is 1. The fourth-order valence-electron chi connectivity index (χ4n) is 1.67. The molecular formula is C14H19F3N2O2S. The van der Waals surface area contributed by atoms with Crippen molar-refractivity contribution in [1.82, 2.24) is 5.32 Å². The molecule has 8 heteroatoms. The highest BCUT2D eigenvalue weighted by Crippen LogP contribution is 2.22. The Bertz CT molecular complexity index is 470. The molecule has 22 heavy (non-hydrogen) atoms. The average Bonchev–Trinajstić information content (AvgIpc) is 2.41. The number of rotatable bonds is 8. The molecule has 0 saturated heterocycles. The van der Waals surface area contributed by atoms with Crippen molar-refractivity contribution < 1.29 is 23.1 Å². The van der Waals surface area contributed by atoms with Gasteiger partial charge in [-0.2, -0.15) is 24.9 Å². The second-order valence-electron chi connectivity index (χ2n) is 4.56. The fraction of sp³-hybridized carbons (Fsp3) is 0.500. The minimum Gasteiger partial charge on any atom is -0.396 e. The number of benzene rings is 1. The molecule has 3 N–H and O–H groups in total. The largest absolute Gasteiger partial charge is 0.396 e. The maximum absolute atomic E-state index is 12.3. The van der Waals surface area contributed by atoms with E-state index in [9.17, 15) is 18.0 Å². The van der Waals surface area contributed by atoms with E-state index in [2.05, 4.69) is 10.6 Å². The number of halogens is 3. The molecule has 0 fully saturated rings. The number of aliphatic hydroxyl groups excluding tert-OH is 1. The van der Waals surface area contributed by atoms with Crippen LogP contribution in [-0.4, -0.2) is 42.0 Å². The second-order valence-corrected chi connectivity index (χ2v) is 5.79. The Morgan fingerprint density at radius 2 is 2.05 bits per heavy atom. The smallest absolute Gasteiger partial charge is 0.393 e. The van der Waals surface area contributed by atoms with Gasteiger partial charge in [-0.15, -0.1) is 0 Å². The van der Waals surface area contributed by atoms with Gasteiger partial charge in [0.2, 0.25) is 0 Å². The third-order valence-corrected chi connectivity index (χ3v) is 3.64. The Balaban J connectivity index is 2.33. The maximum Gasteiger partial charge on any atom is 0.393 e. The van der Waals surface area contributed by atoms with Gasteiger partial charge >= 0.3 is 12.2 Å². The van der Waals surface area contributed by atoms with Gasteiger partial charge in [0.05, 0.1) is 6.42 Å². The SMILES string of the molecule is O=C(NCCSCCCO)Nc1cccc(CC(F)(F)F)c1. The van der Waals surface area contributed by atoms with E-state index >= 15 is 0 Å².